The summed E-state index contributed by atoms with van der Waals surface area (Å²) in [4.78, 5) is 39.6. The molecule has 0 aliphatic rings. The molecular formula is C57H111NO6. The molecule has 0 atom stereocenters. The summed E-state index contributed by atoms with van der Waals surface area (Å²) in [6.45, 7) is 9.27. The second-order valence-corrected chi connectivity index (χ2v) is 19.5. The van der Waals surface area contributed by atoms with Gasteiger partial charge in [0.05, 0.1) is 0 Å². The van der Waals surface area contributed by atoms with Gasteiger partial charge in [-0.2, -0.15) is 0 Å². The standard InChI is InChI=1S/C57H111NO6/c1-4-7-10-13-16-19-22-25-28-31-34-37-40-43-46-55(59)62-52-49-58(50-53-63-56(60)47-44-41-38-35-32-29-26-23-20-17-14-11-8-5-2)51-54-64-57(61)48-45-42-39-36-33-30-27-24-21-18-15-12-9-6-3/h4-54H2,1-3H3. The molecule has 0 saturated carbocycles. The highest BCUT2D eigenvalue weighted by molar-refractivity contribution is 5.70. The number of hydrogen-bond donors (Lipinski definition) is 0. The van der Waals surface area contributed by atoms with Gasteiger partial charge in [0, 0.05) is 38.9 Å². The van der Waals surface area contributed by atoms with Crippen LogP contribution >= 0.6 is 0 Å². The van der Waals surface area contributed by atoms with Crippen LogP contribution in [0.1, 0.15) is 310 Å². The van der Waals surface area contributed by atoms with Crippen LogP contribution in [0.15, 0.2) is 0 Å². The van der Waals surface area contributed by atoms with Crippen molar-refractivity contribution in [2.45, 2.75) is 310 Å². The molecular weight excluding hydrogens is 795 g/mol. The molecule has 0 heterocycles. The maximum atomic E-state index is 12.5. The lowest BCUT2D eigenvalue weighted by atomic mass is 10.0. The number of carbonyl (C=O) groups excluding carboxylic acids is 3. The minimum Gasteiger partial charge on any atom is -0.464 e. The van der Waals surface area contributed by atoms with E-state index in [1.54, 1.807) is 0 Å². The number of carbonyl (C=O) groups is 3. The van der Waals surface area contributed by atoms with Gasteiger partial charge in [0.1, 0.15) is 19.8 Å². The topological polar surface area (TPSA) is 82.1 Å². The molecule has 64 heavy (non-hydrogen) atoms. The largest absolute Gasteiger partial charge is 0.464 e. The van der Waals surface area contributed by atoms with Crippen LogP contribution in [0.25, 0.3) is 0 Å². The van der Waals surface area contributed by atoms with Crippen molar-refractivity contribution < 1.29 is 28.6 Å². The van der Waals surface area contributed by atoms with E-state index in [0.29, 0.717) is 38.9 Å². The molecule has 0 unspecified atom stereocenters. The Balaban J connectivity index is 4.27. The third kappa shape index (κ3) is 51.4. The lowest BCUT2D eigenvalue weighted by molar-refractivity contribution is -0.144. The molecule has 0 radical (unpaired) electrons. The van der Waals surface area contributed by atoms with Gasteiger partial charge in [-0.15, -0.1) is 0 Å². The number of unbranched alkanes of at least 4 members (excludes halogenated alkanes) is 39. The van der Waals surface area contributed by atoms with Crippen LogP contribution in [0, 0.1) is 0 Å². The zero-order chi connectivity index (χ0) is 46.5. The fraction of sp³-hybridized carbons (Fsp3) is 0.947. The maximum Gasteiger partial charge on any atom is 0.305 e. The van der Waals surface area contributed by atoms with Crippen LogP contribution in [0.3, 0.4) is 0 Å². The number of nitrogens with zero attached hydrogens (tertiary/aromatic N) is 1. The molecule has 0 bridgehead atoms. The van der Waals surface area contributed by atoms with Crippen molar-refractivity contribution in [3.63, 3.8) is 0 Å². The molecule has 0 amide bonds. The number of esters is 3. The molecule has 0 aromatic heterocycles. The van der Waals surface area contributed by atoms with Crippen molar-refractivity contribution in [1.82, 2.24) is 4.90 Å². The predicted octanol–water partition coefficient (Wildman–Crippen LogP) is 17.5. The van der Waals surface area contributed by atoms with E-state index in [1.165, 1.54) is 231 Å². The summed E-state index contributed by atoms with van der Waals surface area (Å²) in [5, 5.41) is 0. The highest BCUT2D eigenvalue weighted by Gasteiger charge is 2.12. The van der Waals surface area contributed by atoms with E-state index < -0.39 is 0 Å². The zero-order valence-corrected chi connectivity index (χ0v) is 43.5. The molecule has 380 valence electrons. The Morgan fingerprint density at radius 1 is 0.250 bits per heavy atom. The highest BCUT2D eigenvalue weighted by atomic mass is 16.5. The van der Waals surface area contributed by atoms with Gasteiger partial charge >= 0.3 is 17.9 Å². The fourth-order valence-corrected chi connectivity index (χ4v) is 8.81. The predicted molar refractivity (Wildman–Crippen MR) is 274 cm³/mol. The molecule has 7 heteroatoms. The third-order valence-electron chi connectivity index (χ3n) is 13.2. The lowest BCUT2D eigenvalue weighted by Gasteiger charge is -2.22. The second kappa shape index (κ2) is 54.0. The maximum absolute atomic E-state index is 12.5. The average molecular weight is 907 g/mol. The average Bonchev–Trinajstić information content (AvgIpc) is 3.29. The van der Waals surface area contributed by atoms with E-state index in [4.69, 9.17) is 14.2 Å². The summed E-state index contributed by atoms with van der Waals surface area (Å²) >= 11 is 0. The van der Waals surface area contributed by atoms with Crippen molar-refractivity contribution in [2.75, 3.05) is 39.5 Å². The monoisotopic (exact) mass is 906 g/mol. The Morgan fingerprint density at radius 2 is 0.406 bits per heavy atom. The van der Waals surface area contributed by atoms with E-state index in [2.05, 4.69) is 25.7 Å². The molecule has 0 aromatic rings. The number of hydrogen-bond acceptors (Lipinski definition) is 7. The molecule has 0 rings (SSSR count). The van der Waals surface area contributed by atoms with Crippen LogP contribution in [-0.4, -0.2) is 62.3 Å². The van der Waals surface area contributed by atoms with Gasteiger partial charge in [-0.1, -0.05) is 271 Å². The zero-order valence-electron chi connectivity index (χ0n) is 43.5. The smallest absolute Gasteiger partial charge is 0.305 e. The first kappa shape index (κ1) is 62.4. The molecule has 0 aliphatic carbocycles. The SMILES string of the molecule is CCCCCCCCCCCCCCCCC(=O)OCCN(CCOC(=O)CCCCCCCCCCCCCCCC)CCOC(=O)CCCCCCCCCCCCCCCC. The van der Waals surface area contributed by atoms with Gasteiger partial charge < -0.3 is 14.2 Å². The molecule has 0 saturated heterocycles. The van der Waals surface area contributed by atoms with Gasteiger partial charge in [-0.25, -0.2) is 0 Å². The first-order valence-electron chi connectivity index (χ1n) is 28.7. The van der Waals surface area contributed by atoms with Crippen LogP contribution in [0.5, 0.6) is 0 Å². The molecule has 0 aromatic carbocycles. The van der Waals surface area contributed by atoms with Crippen molar-refractivity contribution in [1.29, 1.82) is 0 Å². The van der Waals surface area contributed by atoms with Crippen LogP contribution < -0.4 is 0 Å². The van der Waals surface area contributed by atoms with Crippen LogP contribution in [0.2, 0.25) is 0 Å². The first-order chi connectivity index (χ1) is 31.5. The Bertz CT molecular complexity index is 839. The highest BCUT2D eigenvalue weighted by Crippen LogP contribution is 2.17. The van der Waals surface area contributed by atoms with Crippen molar-refractivity contribution in [3.8, 4) is 0 Å². The Kier molecular flexibility index (Phi) is 52.6. The first-order valence-corrected chi connectivity index (χ1v) is 28.7. The summed E-state index contributed by atoms with van der Waals surface area (Å²) in [5.74, 6) is -0.422. The van der Waals surface area contributed by atoms with E-state index in [1.807, 2.05) is 0 Å². The second-order valence-electron chi connectivity index (χ2n) is 19.5. The van der Waals surface area contributed by atoms with Gasteiger partial charge in [-0.05, 0) is 19.3 Å². The van der Waals surface area contributed by atoms with Crippen molar-refractivity contribution >= 4 is 17.9 Å². The molecule has 0 aliphatic heterocycles. The Hall–Kier alpha value is -1.63. The van der Waals surface area contributed by atoms with Gasteiger partial charge in [0.25, 0.3) is 0 Å². The van der Waals surface area contributed by atoms with E-state index in [-0.39, 0.29) is 37.7 Å². The normalized spacial score (nSPS) is 11.4. The van der Waals surface area contributed by atoms with E-state index in [9.17, 15) is 14.4 Å². The minimum absolute atomic E-state index is 0.141. The fourth-order valence-electron chi connectivity index (χ4n) is 8.81. The van der Waals surface area contributed by atoms with Gasteiger partial charge in [-0.3, -0.25) is 19.3 Å². The molecule has 0 spiro atoms. The molecule has 7 nitrogen and oxygen atoms in total. The van der Waals surface area contributed by atoms with E-state index >= 15 is 0 Å². The number of rotatable bonds is 54. The Labute approximate surface area is 399 Å². The van der Waals surface area contributed by atoms with Crippen LogP contribution in [0.4, 0.5) is 0 Å². The Morgan fingerprint density at radius 3 is 0.578 bits per heavy atom. The minimum atomic E-state index is -0.141. The summed E-state index contributed by atoms with van der Waals surface area (Å²) in [7, 11) is 0. The number of ether oxygens (including phenoxy) is 3. The summed E-state index contributed by atoms with van der Waals surface area (Å²) < 4.78 is 16.8. The third-order valence-corrected chi connectivity index (χ3v) is 13.2. The lowest BCUT2D eigenvalue weighted by Crippen LogP contribution is -2.35. The van der Waals surface area contributed by atoms with Crippen LogP contribution in [-0.2, 0) is 28.6 Å². The summed E-state index contributed by atoms with van der Waals surface area (Å²) in [6, 6.07) is 0. The quantitative estimate of drug-likeness (QED) is 0.0342. The van der Waals surface area contributed by atoms with E-state index in [0.717, 1.165) is 38.5 Å². The van der Waals surface area contributed by atoms with Gasteiger partial charge in [0.2, 0.25) is 0 Å². The van der Waals surface area contributed by atoms with Crippen molar-refractivity contribution in [3.05, 3.63) is 0 Å². The van der Waals surface area contributed by atoms with Crippen molar-refractivity contribution in [2.24, 2.45) is 0 Å². The van der Waals surface area contributed by atoms with Gasteiger partial charge in [0.15, 0.2) is 0 Å². The summed E-state index contributed by atoms with van der Waals surface area (Å²) in [6.07, 6.45) is 55.7. The summed E-state index contributed by atoms with van der Waals surface area (Å²) in [5.41, 5.74) is 0. The molecule has 0 fully saturated rings. The molecule has 0 N–H and O–H groups in total.